The smallest absolute Gasteiger partial charge is 0.294 e. The minimum atomic E-state index is -0.840. The fraction of sp³-hybridized carbons (Fsp3) is 0.600. The minimum Gasteiger partial charge on any atom is -0.444 e. The van der Waals surface area contributed by atoms with Crippen LogP contribution >= 0.6 is 27.7 Å². The molecule has 2 aliphatic rings. The van der Waals surface area contributed by atoms with Crippen LogP contribution in [-0.2, 0) is 9.53 Å². The lowest BCUT2D eigenvalue weighted by Crippen LogP contribution is -2.49. The predicted octanol–water partition coefficient (Wildman–Crippen LogP) is 3.76. The van der Waals surface area contributed by atoms with Crippen LogP contribution in [0.1, 0.15) is 43.9 Å². The number of thioether (sulfide) groups is 1. The Hall–Kier alpha value is -0.890. The zero-order valence-electron chi connectivity index (χ0n) is 15.4. The van der Waals surface area contributed by atoms with E-state index in [0.717, 1.165) is 28.1 Å². The van der Waals surface area contributed by atoms with Crippen LogP contribution in [0.2, 0.25) is 0 Å². The van der Waals surface area contributed by atoms with Crippen LogP contribution < -0.4 is 0 Å². The summed E-state index contributed by atoms with van der Waals surface area (Å²) in [5.41, 5.74) is 0.114. The summed E-state index contributed by atoms with van der Waals surface area (Å²) in [6.45, 7) is 1.84. The number of hydrogen-bond acceptors (Lipinski definition) is 6. The summed E-state index contributed by atoms with van der Waals surface area (Å²) in [7, 11) is 0. The van der Waals surface area contributed by atoms with Gasteiger partial charge in [-0.15, -0.1) is 11.8 Å². The fourth-order valence-electron chi connectivity index (χ4n) is 3.68. The van der Waals surface area contributed by atoms with E-state index in [0.29, 0.717) is 38.4 Å². The van der Waals surface area contributed by atoms with Gasteiger partial charge in [-0.25, -0.2) is 0 Å². The van der Waals surface area contributed by atoms with E-state index in [4.69, 9.17) is 9.73 Å². The molecule has 2 heterocycles. The highest BCUT2D eigenvalue weighted by Gasteiger charge is 2.41. The van der Waals surface area contributed by atoms with Crippen molar-refractivity contribution in [3.63, 3.8) is 0 Å². The second-order valence-corrected chi connectivity index (χ2v) is 8.95. The van der Waals surface area contributed by atoms with Crippen molar-refractivity contribution in [3.05, 3.63) is 35.9 Å². The van der Waals surface area contributed by atoms with Crippen LogP contribution in [0.3, 0.4) is 0 Å². The van der Waals surface area contributed by atoms with Crippen LogP contribution in [0.15, 0.2) is 35.3 Å². The number of carbonyl (C=O) groups excluding carboxylic acids is 1. The zero-order chi connectivity index (χ0) is 19.1. The second-order valence-electron chi connectivity index (χ2n) is 7.15. The number of aliphatic imine (C=N–C) groups is 1. The maximum Gasteiger partial charge on any atom is 0.294 e. The van der Waals surface area contributed by atoms with Crippen LogP contribution in [0.4, 0.5) is 0 Å². The Kier molecular flexibility index (Phi) is 7.75. The molecule has 7 heteroatoms. The number of halogens is 1. The largest absolute Gasteiger partial charge is 0.444 e. The van der Waals surface area contributed by atoms with Crippen LogP contribution in [-0.4, -0.2) is 57.3 Å². The normalized spacial score (nSPS) is 23.6. The number of piperidine rings is 1. The van der Waals surface area contributed by atoms with E-state index in [2.05, 4.69) is 20.8 Å². The number of alkyl halides is 1. The van der Waals surface area contributed by atoms with Gasteiger partial charge in [0.15, 0.2) is 6.23 Å². The molecule has 0 amide bonds. The highest BCUT2D eigenvalue weighted by Crippen LogP contribution is 2.36. The van der Waals surface area contributed by atoms with Gasteiger partial charge in [-0.2, -0.15) is 0 Å². The average Bonchev–Trinajstić information content (AvgIpc) is 3.18. The molecule has 0 radical (unpaired) electrons. The molecule has 0 aliphatic carbocycles. The molecule has 0 bridgehead atoms. The number of hydrogen-bond donors (Lipinski definition) is 1. The number of carbonyl (C=O) groups is 1. The molecule has 1 aromatic rings. The number of likely N-dealkylation sites (tertiary alicyclic amines) is 1. The standard InChI is InChI=1S/C20H27BrN2O3S/c21-11-5-4-8-17-14-27-19(22-17)20(25)9-12-23(13-10-20)18(26-15-24)16-6-2-1-3-7-16/h1-3,6-7,15,17-18,25H,4-5,8-14H2. The molecule has 2 unspecified atom stereocenters. The first-order valence-corrected chi connectivity index (χ1v) is 11.6. The molecule has 5 nitrogen and oxygen atoms in total. The Labute approximate surface area is 173 Å². The molecule has 2 atom stereocenters. The van der Waals surface area contributed by atoms with Gasteiger partial charge in [-0.3, -0.25) is 14.7 Å². The molecule has 27 heavy (non-hydrogen) atoms. The third-order valence-corrected chi connectivity index (χ3v) is 7.13. The highest BCUT2D eigenvalue weighted by atomic mass is 79.9. The van der Waals surface area contributed by atoms with E-state index in [1.54, 1.807) is 11.8 Å². The molecule has 0 saturated carbocycles. The van der Waals surface area contributed by atoms with Crippen molar-refractivity contribution in [1.82, 2.24) is 4.90 Å². The molecule has 1 aromatic carbocycles. The van der Waals surface area contributed by atoms with Gasteiger partial charge in [0.2, 0.25) is 0 Å². The van der Waals surface area contributed by atoms with Gasteiger partial charge in [0, 0.05) is 29.7 Å². The lowest BCUT2D eigenvalue weighted by atomic mass is 9.91. The molecule has 1 fully saturated rings. The molecule has 0 spiro atoms. The summed E-state index contributed by atoms with van der Waals surface area (Å²) in [5, 5.41) is 13.1. The molecular formula is C20H27BrN2O3S. The topological polar surface area (TPSA) is 62.1 Å². The number of ether oxygens (including phenoxy) is 1. The molecule has 148 valence electrons. The Morgan fingerprint density at radius 1 is 1.33 bits per heavy atom. The summed E-state index contributed by atoms with van der Waals surface area (Å²) >= 11 is 5.18. The zero-order valence-corrected chi connectivity index (χ0v) is 17.8. The highest BCUT2D eigenvalue weighted by molar-refractivity contribution is 9.09. The maximum atomic E-state index is 11.2. The summed E-state index contributed by atoms with van der Waals surface area (Å²) in [4.78, 5) is 17.9. The second kappa shape index (κ2) is 10.0. The molecule has 1 saturated heterocycles. The summed E-state index contributed by atoms with van der Waals surface area (Å²) in [6, 6.07) is 10.1. The Morgan fingerprint density at radius 2 is 2.07 bits per heavy atom. The number of benzene rings is 1. The van der Waals surface area contributed by atoms with Crippen molar-refractivity contribution in [2.45, 2.75) is 50.0 Å². The molecule has 1 N–H and O–H groups in total. The van der Waals surface area contributed by atoms with Crippen molar-refractivity contribution in [2.24, 2.45) is 4.99 Å². The van der Waals surface area contributed by atoms with Gasteiger partial charge in [0.25, 0.3) is 6.47 Å². The summed E-state index contributed by atoms with van der Waals surface area (Å²) in [6.07, 6.45) is 4.25. The molecule has 3 rings (SSSR count). The monoisotopic (exact) mass is 454 g/mol. The third-order valence-electron chi connectivity index (χ3n) is 5.26. The lowest BCUT2D eigenvalue weighted by Gasteiger charge is -2.40. The summed E-state index contributed by atoms with van der Waals surface area (Å²) in [5.74, 6) is 0.977. The van der Waals surface area contributed by atoms with Crippen molar-refractivity contribution < 1.29 is 14.6 Å². The van der Waals surface area contributed by atoms with E-state index in [1.165, 1.54) is 12.8 Å². The van der Waals surface area contributed by atoms with Crippen molar-refractivity contribution in [2.75, 3.05) is 24.2 Å². The predicted molar refractivity (Wildman–Crippen MR) is 113 cm³/mol. The van der Waals surface area contributed by atoms with Crippen LogP contribution in [0.25, 0.3) is 0 Å². The molecule has 2 aliphatic heterocycles. The quantitative estimate of drug-likeness (QED) is 0.349. The van der Waals surface area contributed by atoms with Gasteiger partial charge in [-0.1, -0.05) is 52.7 Å². The number of aliphatic hydroxyl groups is 1. The van der Waals surface area contributed by atoms with E-state index >= 15 is 0 Å². The van der Waals surface area contributed by atoms with Gasteiger partial charge < -0.3 is 9.84 Å². The Morgan fingerprint density at radius 3 is 2.74 bits per heavy atom. The van der Waals surface area contributed by atoms with E-state index in [9.17, 15) is 9.90 Å². The van der Waals surface area contributed by atoms with Crippen LogP contribution in [0, 0.1) is 0 Å². The van der Waals surface area contributed by atoms with E-state index < -0.39 is 11.8 Å². The summed E-state index contributed by atoms with van der Waals surface area (Å²) < 4.78 is 5.36. The number of unbranched alkanes of at least 4 members (excludes halogenated alkanes) is 1. The van der Waals surface area contributed by atoms with Crippen LogP contribution in [0.5, 0.6) is 0 Å². The first kappa shape index (κ1) is 20.8. The molecule has 0 aromatic heterocycles. The van der Waals surface area contributed by atoms with Crippen molar-refractivity contribution >= 4 is 39.2 Å². The first-order chi connectivity index (χ1) is 13.2. The van der Waals surface area contributed by atoms with Gasteiger partial charge in [0.05, 0.1) is 11.1 Å². The molecular weight excluding hydrogens is 428 g/mol. The number of nitrogens with zero attached hydrogens (tertiary/aromatic N) is 2. The van der Waals surface area contributed by atoms with E-state index in [-0.39, 0.29) is 0 Å². The van der Waals surface area contributed by atoms with Crippen molar-refractivity contribution in [1.29, 1.82) is 0 Å². The van der Waals surface area contributed by atoms with Gasteiger partial charge in [-0.05, 0) is 25.7 Å². The third kappa shape index (κ3) is 5.34. The Bertz CT molecular complexity index is 635. The Balaban J connectivity index is 1.60. The number of rotatable bonds is 9. The van der Waals surface area contributed by atoms with Gasteiger partial charge >= 0.3 is 0 Å². The first-order valence-electron chi connectivity index (χ1n) is 9.54. The average molecular weight is 455 g/mol. The van der Waals surface area contributed by atoms with Crippen molar-refractivity contribution in [3.8, 4) is 0 Å². The van der Waals surface area contributed by atoms with E-state index in [1.807, 2.05) is 30.3 Å². The minimum absolute atomic E-state index is 0.335. The van der Waals surface area contributed by atoms with Gasteiger partial charge in [0.1, 0.15) is 5.60 Å². The SMILES string of the molecule is O=COC(c1ccccc1)N1CCC(O)(C2=NC(CCCCBr)CS2)CC1. The fourth-order valence-corrected chi connectivity index (χ4v) is 5.36. The lowest BCUT2D eigenvalue weighted by molar-refractivity contribution is -0.147. The maximum absolute atomic E-state index is 11.2.